The third kappa shape index (κ3) is 6.40. The second kappa shape index (κ2) is 10.2. The SMILES string of the molecule is O[C@]1(CN2CCOCC2)CCN(Cc2cccc(OCCN3CCCCC3)c2)C1. The zero-order valence-corrected chi connectivity index (χ0v) is 17.7. The Bertz CT molecular complexity index is 632. The summed E-state index contributed by atoms with van der Waals surface area (Å²) in [4.78, 5) is 7.21. The van der Waals surface area contributed by atoms with E-state index in [1.807, 2.05) is 0 Å². The molecule has 0 saturated carbocycles. The van der Waals surface area contributed by atoms with E-state index in [1.54, 1.807) is 0 Å². The van der Waals surface area contributed by atoms with Crippen molar-refractivity contribution < 1.29 is 14.6 Å². The summed E-state index contributed by atoms with van der Waals surface area (Å²) in [6.45, 7) is 10.9. The first-order valence-electron chi connectivity index (χ1n) is 11.4. The zero-order chi connectivity index (χ0) is 19.9. The van der Waals surface area contributed by atoms with Gasteiger partial charge in [0.2, 0.25) is 0 Å². The minimum absolute atomic E-state index is 0.597. The third-order valence-corrected chi connectivity index (χ3v) is 6.46. The van der Waals surface area contributed by atoms with E-state index in [0.29, 0.717) is 0 Å². The van der Waals surface area contributed by atoms with Gasteiger partial charge < -0.3 is 14.6 Å². The summed E-state index contributed by atoms with van der Waals surface area (Å²) < 4.78 is 11.4. The number of piperidine rings is 1. The lowest BCUT2D eigenvalue weighted by Gasteiger charge is -2.33. The molecule has 1 atom stereocenters. The van der Waals surface area contributed by atoms with Gasteiger partial charge in [0.05, 0.1) is 18.8 Å². The van der Waals surface area contributed by atoms with Crippen LogP contribution in [0.25, 0.3) is 0 Å². The molecule has 4 rings (SSSR count). The normalized spacial score (nSPS) is 27.3. The van der Waals surface area contributed by atoms with Crippen molar-refractivity contribution in [1.29, 1.82) is 0 Å². The maximum Gasteiger partial charge on any atom is 0.119 e. The van der Waals surface area contributed by atoms with E-state index in [4.69, 9.17) is 9.47 Å². The Hall–Kier alpha value is -1.18. The summed E-state index contributed by atoms with van der Waals surface area (Å²) in [6.07, 6.45) is 4.86. The molecule has 0 aliphatic carbocycles. The van der Waals surface area contributed by atoms with Crippen LogP contribution in [0.3, 0.4) is 0 Å². The van der Waals surface area contributed by atoms with E-state index >= 15 is 0 Å². The lowest BCUT2D eigenvalue weighted by molar-refractivity contribution is -0.0266. The van der Waals surface area contributed by atoms with Crippen LogP contribution < -0.4 is 4.74 Å². The molecule has 3 aliphatic heterocycles. The molecule has 6 nitrogen and oxygen atoms in total. The van der Waals surface area contributed by atoms with Crippen LogP contribution in [0, 0.1) is 0 Å². The van der Waals surface area contributed by atoms with Crippen LogP contribution in [0.5, 0.6) is 5.75 Å². The fourth-order valence-electron chi connectivity index (χ4n) is 4.85. The average molecular weight is 404 g/mol. The summed E-state index contributed by atoms with van der Waals surface area (Å²) in [5.41, 5.74) is 0.663. The molecule has 29 heavy (non-hydrogen) atoms. The lowest BCUT2D eigenvalue weighted by Crippen LogP contribution is -2.48. The summed E-state index contributed by atoms with van der Waals surface area (Å²) in [7, 11) is 0. The van der Waals surface area contributed by atoms with Crippen LogP contribution >= 0.6 is 0 Å². The van der Waals surface area contributed by atoms with E-state index in [-0.39, 0.29) is 0 Å². The van der Waals surface area contributed by atoms with Crippen molar-refractivity contribution in [3.8, 4) is 5.75 Å². The van der Waals surface area contributed by atoms with Gasteiger partial charge in [-0.25, -0.2) is 0 Å². The van der Waals surface area contributed by atoms with Crippen LogP contribution in [0.4, 0.5) is 0 Å². The van der Waals surface area contributed by atoms with Crippen molar-refractivity contribution in [1.82, 2.24) is 14.7 Å². The number of hydrogen-bond acceptors (Lipinski definition) is 6. The molecule has 1 aromatic carbocycles. The predicted molar refractivity (Wildman–Crippen MR) is 114 cm³/mol. The van der Waals surface area contributed by atoms with Crippen molar-refractivity contribution >= 4 is 0 Å². The second-order valence-electron chi connectivity index (χ2n) is 8.97. The van der Waals surface area contributed by atoms with E-state index in [1.165, 1.54) is 37.9 Å². The Labute approximate surface area is 175 Å². The van der Waals surface area contributed by atoms with Gasteiger partial charge in [-0.15, -0.1) is 0 Å². The van der Waals surface area contributed by atoms with Crippen LogP contribution in [0.15, 0.2) is 24.3 Å². The topological polar surface area (TPSA) is 48.4 Å². The molecule has 3 saturated heterocycles. The predicted octanol–water partition coefficient (Wildman–Crippen LogP) is 1.82. The Morgan fingerprint density at radius 2 is 1.79 bits per heavy atom. The maximum atomic E-state index is 11.0. The third-order valence-electron chi connectivity index (χ3n) is 6.46. The standard InChI is InChI=1S/C23H37N3O3/c27-23(19-25-11-14-28-15-12-25)7-10-26(20-23)18-21-5-4-6-22(17-21)29-16-13-24-8-2-1-3-9-24/h4-6,17,27H,1-3,7-16,18-20H2/t23-/m0/s1. The first kappa shape index (κ1) is 21.1. The van der Waals surface area contributed by atoms with E-state index in [2.05, 4.69) is 39.0 Å². The fraction of sp³-hybridized carbons (Fsp3) is 0.739. The number of hydrogen-bond donors (Lipinski definition) is 1. The summed E-state index contributed by atoms with van der Waals surface area (Å²) in [5, 5.41) is 11.0. The van der Waals surface area contributed by atoms with Gasteiger partial charge in [-0.3, -0.25) is 14.7 Å². The average Bonchev–Trinajstić information content (AvgIpc) is 3.10. The number of morpholine rings is 1. The van der Waals surface area contributed by atoms with Crippen LogP contribution in [-0.4, -0.2) is 97.6 Å². The molecule has 0 unspecified atom stereocenters. The lowest BCUT2D eigenvalue weighted by atomic mass is 10.0. The largest absolute Gasteiger partial charge is 0.492 e. The highest BCUT2D eigenvalue weighted by Crippen LogP contribution is 2.25. The van der Waals surface area contributed by atoms with E-state index in [0.717, 1.165) is 77.8 Å². The molecular weight excluding hydrogens is 366 g/mol. The van der Waals surface area contributed by atoms with Gasteiger partial charge in [-0.2, -0.15) is 0 Å². The van der Waals surface area contributed by atoms with Gasteiger partial charge in [0.1, 0.15) is 12.4 Å². The van der Waals surface area contributed by atoms with Crippen molar-refractivity contribution in [2.75, 3.05) is 72.2 Å². The smallest absolute Gasteiger partial charge is 0.119 e. The minimum Gasteiger partial charge on any atom is -0.492 e. The molecule has 3 heterocycles. The van der Waals surface area contributed by atoms with E-state index in [9.17, 15) is 5.11 Å². The minimum atomic E-state index is -0.597. The summed E-state index contributed by atoms with van der Waals surface area (Å²) in [5.74, 6) is 0.960. The number of ether oxygens (including phenoxy) is 2. The van der Waals surface area contributed by atoms with Crippen molar-refractivity contribution in [2.24, 2.45) is 0 Å². The number of nitrogens with zero attached hydrogens (tertiary/aromatic N) is 3. The van der Waals surface area contributed by atoms with Crippen LogP contribution in [-0.2, 0) is 11.3 Å². The Kier molecular flexibility index (Phi) is 7.43. The highest BCUT2D eigenvalue weighted by atomic mass is 16.5. The molecule has 0 radical (unpaired) electrons. The Balaban J connectivity index is 1.22. The highest BCUT2D eigenvalue weighted by Gasteiger charge is 2.37. The maximum absolute atomic E-state index is 11.0. The van der Waals surface area contributed by atoms with Gasteiger partial charge in [0.25, 0.3) is 0 Å². The van der Waals surface area contributed by atoms with Gasteiger partial charge in [-0.05, 0) is 50.0 Å². The Morgan fingerprint density at radius 3 is 2.62 bits per heavy atom. The Morgan fingerprint density at radius 1 is 0.966 bits per heavy atom. The molecule has 3 aliphatic rings. The highest BCUT2D eigenvalue weighted by molar-refractivity contribution is 5.28. The first-order chi connectivity index (χ1) is 14.2. The van der Waals surface area contributed by atoms with Crippen molar-refractivity contribution in [3.05, 3.63) is 29.8 Å². The van der Waals surface area contributed by atoms with Crippen LogP contribution in [0.2, 0.25) is 0 Å². The second-order valence-corrected chi connectivity index (χ2v) is 8.97. The quantitative estimate of drug-likeness (QED) is 0.715. The molecule has 6 heteroatoms. The van der Waals surface area contributed by atoms with Gasteiger partial charge >= 0.3 is 0 Å². The van der Waals surface area contributed by atoms with E-state index < -0.39 is 5.60 Å². The van der Waals surface area contributed by atoms with Gasteiger partial charge in [0, 0.05) is 45.8 Å². The molecule has 1 N–H and O–H groups in total. The number of β-amino-alcohol motifs (C(OH)–C–C–N with tert-alkyl or cyclic N) is 1. The molecule has 162 valence electrons. The molecule has 0 aromatic heterocycles. The molecule has 1 aromatic rings. The summed E-state index contributed by atoms with van der Waals surface area (Å²) in [6, 6.07) is 8.46. The first-order valence-corrected chi connectivity index (χ1v) is 11.4. The monoisotopic (exact) mass is 403 g/mol. The summed E-state index contributed by atoms with van der Waals surface area (Å²) >= 11 is 0. The number of aliphatic hydroxyl groups is 1. The van der Waals surface area contributed by atoms with Crippen molar-refractivity contribution in [3.63, 3.8) is 0 Å². The number of benzene rings is 1. The molecule has 3 fully saturated rings. The molecular formula is C23H37N3O3. The number of rotatable bonds is 8. The fourth-order valence-corrected chi connectivity index (χ4v) is 4.85. The number of likely N-dealkylation sites (tertiary alicyclic amines) is 2. The van der Waals surface area contributed by atoms with Gasteiger partial charge in [-0.1, -0.05) is 18.6 Å². The van der Waals surface area contributed by atoms with Crippen LogP contribution in [0.1, 0.15) is 31.2 Å². The van der Waals surface area contributed by atoms with Crippen molar-refractivity contribution in [2.45, 2.75) is 37.8 Å². The molecule has 0 spiro atoms. The zero-order valence-electron chi connectivity index (χ0n) is 17.7. The van der Waals surface area contributed by atoms with Gasteiger partial charge in [0.15, 0.2) is 0 Å². The molecule has 0 bridgehead atoms. The molecule has 0 amide bonds.